The number of fused-ring (bicyclic) bond motifs is 1. The van der Waals surface area contributed by atoms with Gasteiger partial charge < -0.3 is 10.4 Å². The summed E-state index contributed by atoms with van der Waals surface area (Å²) in [4.78, 5) is 27.9. The first-order valence-electron chi connectivity index (χ1n) is 6.58. The molecule has 22 heavy (non-hydrogen) atoms. The number of aliphatic carboxylic acids is 1. The van der Waals surface area contributed by atoms with Crippen molar-refractivity contribution in [3.63, 3.8) is 0 Å². The Hall–Kier alpha value is -2.67. The highest BCUT2D eigenvalue weighted by atomic mass is 32.1. The molecule has 0 fully saturated rings. The number of hydrogen-bond acceptors (Lipinski definition) is 4. The molecule has 6 nitrogen and oxygen atoms in total. The first-order valence-corrected chi connectivity index (χ1v) is 7.46. The molecule has 2 heterocycles. The zero-order valence-electron chi connectivity index (χ0n) is 11.7. The topological polar surface area (TPSA) is 83.7 Å². The molecule has 1 amide bonds. The van der Waals surface area contributed by atoms with E-state index in [4.69, 9.17) is 5.11 Å². The maximum absolute atomic E-state index is 12.2. The lowest BCUT2D eigenvalue weighted by Crippen LogP contribution is -2.12. The molecule has 0 saturated heterocycles. The van der Waals surface area contributed by atoms with Crippen molar-refractivity contribution in [3.8, 4) is 0 Å². The standard InChI is InChI=1S/C15H13N3O3S/c1-9-8-22-15-17-12(7-18(9)15)14(21)16-11-4-2-10(3-5-11)6-13(19)20/h2-5,7-8H,6H2,1H3,(H,16,21)(H,19,20). The molecule has 3 aromatic rings. The van der Waals surface area contributed by atoms with Gasteiger partial charge in [0.15, 0.2) is 4.96 Å². The molecule has 0 radical (unpaired) electrons. The maximum Gasteiger partial charge on any atom is 0.307 e. The van der Waals surface area contributed by atoms with Gasteiger partial charge >= 0.3 is 5.97 Å². The van der Waals surface area contributed by atoms with Crippen LogP contribution < -0.4 is 5.32 Å². The third-order valence-corrected chi connectivity index (χ3v) is 4.15. The van der Waals surface area contributed by atoms with E-state index in [0.717, 1.165) is 10.7 Å². The summed E-state index contributed by atoms with van der Waals surface area (Å²) in [5.41, 5.74) is 2.67. The molecule has 112 valence electrons. The number of benzene rings is 1. The molecule has 0 spiro atoms. The van der Waals surface area contributed by atoms with Crippen molar-refractivity contribution < 1.29 is 14.7 Å². The van der Waals surface area contributed by atoms with E-state index >= 15 is 0 Å². The monoisotopic (exact) mass is 315 g/mol. The third kappa shape index (κ3) is 2.84. The molecule has 0 atom stereocenters. The van der Waals surface area contributed by atoms with Crippen LogP contribution in [0.3, 0.4) is 0 Å². The molecule has 0 aliphatic heterocycles. The summed E-state index contributed by atoms with van der Waals surface area (Å²) in [6.07, 6.45) is 1.67. The molecule has 0 aliphatic carbocycles. The normalized spacial score (nSPS) is 10.8. The highest BCUT2D eigenvalue weighted by molar-refractivity contribution is 7.15. The van der Waals surface area contributed by atoms with Crippen LogP contribution in [0.2, 0.25) is 0 Å². The van der Waals surface area contributed by atoms with Crippen LogP contribution in [-0.2, 0) is 11.2 Å². The fourth-order valence-corrected chi connectivity index (χ4v) is 2.93. The van der Waals surface area contributed by atoms with Gasteiger partial charge in [-0.25, -0.2) is 4.98 Å². The predicted octanol–water partition coefficient (Wildman–Crippen LogP) is 2.58. The Balaban J connectivity index is 1.74. The Morgan fingerprint density at radius 1 is 1.32 bits per heavy atom. The molecule has 0 saturated carbocycles. The Kier molecular flexibility index (Phi) is 3.64. The third-order valence-electron chi connectivity index (χ3n) is 3.19. The number of rotatable bonds is 4. The second-order valence-corrected chi connectivity index (χ2v) is 5.71. The quantitative estimate of drug-likeness (QED) is 0.775. The van der Waals surface area contributed by atoms with Crippen LogP contribution in [0.25, 0.3) is 4.96 Å². The van der Waals surface area contributed by atoms with Crippen molar-refractivity contribution in [1.29, 1.82) is 0 Å². The molecule has 0 bridgehead atoms. The fourth-order valence-electron chi connectivity index (χ4n) is 2.08. The number of carbonyl (C=O) groups is 2. The van der Waals surface area contributed by atoms with Gasteiger partial charge in [0.2, 0.25) is 0 Å². The number of nitrogens with zero attached hydrogens (tertiary/aromatic N) is 2. The molecule has 3 rings (SSSR count). The second-order valence-electron chi connectivity index (χ2n) is 4.88. The van der Waals surface area contributed by atoms with Crippen molar-refractivity contribution in [1.82, 2.24) is 9.38 Å². The largest absolute Gasteiger partial charge is 0.481 e. The van der Waals surface area contributed by atoms with Crippen LogP contribution in [-0.4, -0.2) is 26.4 Å². The Morgan fingerprint density at radius 3 is 2.68 bits per heavy atom. The van der Waals surface area contributed by atoms with Crippen LogP contribution >= 0.6 is 11.3 Å². The highest BCUT2D eigenvalue weighted by Gasteiger charge is 2.13. The Morgan fingerprint density at radius 2 is 2.05 bits per heavy atom. The van der Waals surface area contributed by atoms with Gasteiger partial charge in [-0.1, -0.05) is 12.1 Å². The summed E-state index contributed by atoms with van der Waals surface area (Å²) < 4.78 is 1.87. The van der Waals surface area contributed by atoms with Gasteiger partial charge in [-0.2, -0.15) is 0 Å². The summed E-state index contributed by atoms with van der Waals surface area (Å²) in [6, 6.07) is 6.72. The van der Waals surface area contributed by atoms with Gasteiger partial charge in [0.05, 0.1) is 6.42 Å². The average Bonchev–Trinajstić information content (AvgIpc) is 3.03. The number of hydrogen-bond donors (Lipinski definition) is 2. The molecule has 7 heteroatoms. The van der Waals surface area contributed by atoms with E-state index < -0.39 is 5.97 Å². The van der Waals surface area contributed by atoms with E-state index in [9.17, 15) is 9.59 Å². The average molecular weight is 315 g/mol. The van der Waals surface area contributed by atoms with Crippen LogP contribution in [0.5, 0.6) is 0 Å². The van der Waals surface area contributed by atoms with Crippen molar-refractivity contribution in [2.75, 3.05) is 5.32 Å². The molecule has 0 unspecified atom stereocenters. The van der Waals surface area contributed by atoms with Crippen LogP contribution in [0.15, 0.2) is 35.8 Å². The number of nitrogens with one attached hydrogen (secondary N) is 1. The number of imidazole rings is 1. The first kappa shape index (κ1) is 14.3. The summed E-state index contributed by atoms with van der Waals surface area (Å²) in [6.45, 7) is 1.95. The molecule has 2 aromatic heterocycles. The minimum Gasteiger partial charge on any atom is -0.481 e. The number of thiazole rings is 1. The number of aromatic nitrogens is 2. The zero-order chi connectivity index (χ0) is 15.7. The van der Waals surface area contributed by atoms with Gasteiger partial charge in [-0.05, 0) is 24.6 Å². The fraction of sp³-hybridized carbons (Fsp3) is 0.133. The lowest BCUT2D eigenvalue weighted by Gasteiger charge is -2.04. The van der Waals surface area contributed by atoms with Crippen molar-refractivity contribution in [2.45, 2.75) is 13.3 Å². The van der Waals surface area contributed by atoms with Gasteiger partial charge in [0.1, 0.15) is 5.69 Å². The van der Waals surface area contributed by atoms with E-state index in [1.54, 1.807) is 30.5 Å². The number of amides is 1. The van der Waals surface area contributed by atoms with Crippen LogP contribution in [0, 0.1) is 6.92 Å². The van der Waals surface area contributed by atoms with Crippen LogP contribution in [0.4, 0.5) is 5.69 Å². The molecule has 0 aliphatic rings. The number of carboxylic acid groups (broad SMARTS) is 1. The predicted molar refractivity (Wildman–Crippen MR) is 83.5 cm³/mol. The van der Waals surface area contributed by atoms with Crippen molar-refractivity contribution >= 4 is 33.9 Å². The summed E-state index contributed by atoms with van der Waals surface area (Å²) in [7, 11) is 0. The number of carboxylic acids is 1. The number of carbonyl (C=O) groups excluding carboxylic acids is 1. The van der Waals surface area contributed by atoms with E-state index in [2.05, 4.69) is 10.3 Å². The lowest BCUT2D eigenvalue weighted by atomic mass is 10.1. The smallest absolute Gasteiger partial charge is 0.307 e. The zero-order valence-corrected chi connectivity index (χ0v) is 12.6. The number of aryl methyl sites for hydroxylation is 1. The minimum atomic E-state index is -0.884. The molecule has 2 N–H and O–H groups in total. The van der Waals surface area contributed by atoms with Gasteiger partial charge in [-0.3, -0.25) is 14.0 Å². The van der Waals surface area contributed by atoms with Gasteiger partial charge in [0, 0.05) is 23.0 Å². The summed E-state index contributed by atoms with van der Waals surface area (Å²) in [5.74, 6) is -1.17. The molecular weight excluding hydrogens is 302 g/mol. The number of anilines is 1. The van der Waals surface area contributed by atoms with E-state index in [1.165, 1.54) is 11.3 Å². The summed E-state index contributed by atoms with van der Waals surface area (Å²) >= 11 is 1.48. The highest BCUT2D eigenvalue weighted by Crippen LogP contribution is 2.17. The summed E-state index contributed by atoms with van der Waals surface area (Å²) in [5, 5.41) is 13.5. The Labute approximate surface area is 130 Å². The van der Waals surface area contributed by atoms with E-state index in [1.807, 2.05) is 16.7 Å². The second kappa shape index (κ2) is 5.61. The molecule has 1 aromatic carbocycles. The molecular formula is C15H13N3O3S. The Bertz CT molecular complexity index is 849. The van der Waals surface area contributed by atoms with E-state index in [0.29, 0.717) is 16.9 Å². The maximum atomic E-state index is 12.2. The minimum absolute atomic E-state index is 0.0369. The van der Waals surface area contributed by atoms with Gasteiger partial charge in [0.25, 0.3) is 5.91 Å². The van der Waals surface area contributed by atoms with Crippen molar-refractivity contribution in [2.24, 2.45) is 0 Å². The lowest BCUT2D eigenvalue weighted by molar-refractivity contribution is -0.136. The van der Waals surface area contributed by atoms with Gasteiger partial charge in [-0.15, -0.1) is 11.3 Å². The van der Waals surface area contributed by atoms with Crippen LogP contribution in [0.1, 0.15) is 21.7 Å². The SMILES string of the molecule is Cc1csc2nc(C(=O)Nc3ccc(CC(=O)O)cc3)cn12. The van der Waals surface area contributed by atoms with Crippen molar-refractivity contribution in [3.05, 3.63) is 52.8 Å². The first-order chi connectivity index (χ1) is 10.5. The van der Waals surface area contributed by atoms with E-state index in [-0.39, 0.29) is 12.3 Å².